The Morgan fingerprint density at radius 3 is 2.29 bits per heavy atom. The lowest BCUT2D eigenvalue weighted by atomic mass is 10.0. The van der Waals surface area contributed by atoms with Crippen molar-refractivity contribution >= 4 is 48.9 Å². The first-order valence-electron chi connectivity index (χ1n) is 11.2. The summed E-state index contributed by atoms with van der Waals surface area (Å²) in [6.07, 6.45) is 4.31. The molecule has 1 aliphatic rings. The van der Waals surface area contributed by atoms with Crippen LogP contribution < -0.4 is 20.7 Å². The van der Waals surface area contributed by atoms with Crippen LogP contribution in [0.15, 0.2) is 60.9 Å². The Bertz CT molecular complexity index is 1450. The molecule has 1 saturated carbocycles. The predicted octanol–water partition coefficient (Wildman–Crippen LogP) is 4.29. The van der Waals surface area contributed by atoms with Crippen molar-refractivity contribution in [3.05, 3.63) is 72.2 Å². The van der Waals surface area contributed by atoms with Gasteiger partial charge in [0.05, 0.1) is 11.9 Å². The van der Waals surface area contributed by atoms with Crippen LogP contribution in [0.2, 0.25) is 0 Å². The number of nitrogens with zero attached hydrogens (tertiary/aromatic N) is 3. The van der Waals surface area contributed by atoms with E-state index in [9.17, 15) is 9.59 Å². The van der Waals surface area contributed by atoms with Gasteiger partial charge in [-0.05, 0) is 57.0 Å². The highest BCUT2D eigenvalue weighted by Gasteiger charge is 2.56. The van der Waals surface area contributed by atoms with Crippen LogP contribution in [0.4, 0.5) is 11.4 Å². The maximum absolute atomic E-state index is 13.0. The normalized spacial score (nSPS) is 13.8. The number of fused-ring (bicyclic) bond motifs is 1. The van der Waals surface area contributed by atoms with E-state index in [2.05, 4.69) is 34.8 Å². The molecule has 9 heteroatoms. The summed E-state index contributed by atoms with van der Waals surface area (Å²) < 4.78 is 6.09. The number of carbonyl (C=O) groups is 2. The number of pyridine rings is 1. The van der Waals surface area contributed by atoms with Gasteiger partial charge in [0.25, 0.3) is 0 Å². The molecule has 35 heavy (non-hydrogen) atoms. The molecule has 2 amide bonds. The van der Waals surface area contributed by atoms with Crippen molar-refractivity contribution in [1.82, 2.24) is 15.0 Å². The molecule has 2 aromatic carbocycles. The van der Waals surface area contributed by atoms with E-state index in [4.69, 9.17) is 4.74 Å². The molecule has 1 atom stereocenters. The fourth-order valence-electron chi connectivity index (χ4n) is 3.73. The zero-order valence-corrected chi connectivity index (χ0v) is 20.5. The first-order valence-corrected chi connectivity index (χ1v) is 11.8. The largest absolute Gasteiger partial charge is 0.454 e. The lowest BCUT2D eigenvalue weighted by Gasteiger charge is -2.16. The molecule has 2 heterocycles. The number of carbonyl (C=O) groups excluding carboxylic acids is 2. The van der Waals surface area contributed by atoms with Crippen molar-refractivity contribution in [3.8, 4) is 11.5 Å². The number of hydrogen-bond donors (Lipinski definition) is 2. The zero-order valence-electron chi connectivity index (χ0n) is 19.3. The molecule has 5 rings (SSSR count). The second kappa shape index (κ2) is 9.04. The highest BCUT2D eigenvalue weighted by molar-refractivity contribution is 7.27. The van der Waals surface area contributed by atoms with E-state index in [0.29, 0.717) is 46.9 Å². The van der Waals surface area contributed by atoms with Crippen LogP contribution in [0.1, 0.15) is 24.1 Å². The standard InChI is InChI=1S/C26H24N5O3P/c1-15-3-5-17(6-4-15)30-24(32)26(10-11-26)25(33)31-18-7-8-19(21(35)13-18)34-20-9-12-27-23-22(20)29-16(2)14-28-23/h3-9,12-14H,10-11,35H2,1-2H3,(H,30,32)(H,31,33). The van der Waals surface area contributed by atoms with E-state index >= 15 is 0 Å². The van der Waals surface area contributed by atoms with Crippen LogP contribution >= 0.6 is 9.24 Å². The number of nitrogens with one attached hydrogen (secondary N) is 2. The lowest BCUT2D eigenvalue weighted by molar-refractivity contribution is -0.131. The molecule has 1 aliphatic carbocycles. The third-order valence-corrected chi connectivity index (χ3v) is 6.40. The molecule has 0 spiro atoms. The fourth-order valence-corrected chi connectivity index (χ4v) is 4.06. The molecule has 0 bridgehead atoms. The van der Waals surface area contributed by atoms with E-state index in [1.807, 2.05) is 38.1 Å². The molecular weight excluding hydrogens is 461 g/mol. The Hall–Kier alpha value is -3.90. The topological polar surface area (TPSA) is 106 Å². The molecule has 8 nitrogen and oxygen atoms in total. The second-order valence-corrected chi connectivity index (χ2v) is 9.33. The molecule has 4 aromatic rings. The molecule has 0 aliphatic heterocycles. The van der Waals surface area contributed by atoms with Gasteiger partial charge >= 0.3 is 0 Å². The minimum Gasteiger partial charge on any atom is -0.454 e. The van der Waals surface area contributed by atoms with Crippen LogP contribution in [0, 0.1) is 19.3 Å². The lowest BCUT2D eigenvalue weighted by Crippen LogP contribution is -2.35. The van der Waals surface area contributed by atoms with Crippen LogP contribution in [0.25, 0.3) is 11.2 Å². The number of aromatic nitrogens is 3. The van der Waals surface area contributed by atoms with Crippen molar-refractivity contribution < 1.29 is 14.3 Å². The molecular formula is C26H24N5O3P. The van der Waals surface area contributed by atoms with Gasteiger partial charge in [-0.25, -0.2) is 15.0 Å². The minimum absolute atomic E-state index is 0.286. The zero-order chi connectivity index (χ0) is 24.6. The fraction of sp³-hybridized carbons (Fsp3) is 0.192. The van der Waals surface area contributed by atoms with Crippen molar-refractivity contribution in [3.63, 3.8) is 0 Å². The molecule has 2 aromatic heterocycles. The first kappa shape index (κ1) is 22.9. The summed E-state index contributed by atoms with van der Waals surface area (Å²) in [5.74, 6) is 0.523. The monoisotopic (exact) mass is 485 g/mol. The van der Waals surface area contributed by atoms with E-state index in [1.54, 1.807) is 36.7 Å². The number of amides is 2. The maximum Gasteiger partial charge on any atom is 0.240 e. The SMILES string of the molecule is Cc1ccc(NC(=O)C2(C(=O)Nc3ccc(Oc4ccnc5ncc(C)nc45)c(P)c3)CC2)cc1. The van der Waals surface area contributed by atoms with E-state index in [0.717, 1.165) is 16.6 Å². The number of hydrogen-bond acceptors (Lipinski definition) is 6. The summed E-state index contributed by atoms with van der Waals surface area (Å²) in [5.41, 5.74) is 3.15. The highest BCUT2D eigenvalue weighted by Crippen LogP contribution is 2.47. The van der Waals surface area contributed by atoms with E-state index in [-0.39, 0.29) is 11.8 Å². The molecule has 176 valence electrons. The Balaban J connectivity index is 1.29. The van der Waals surface area contributed by atoms with Gasteiger partial charge in [0.1, 0.15) is 11.2 Å². The van der Waals surface area contributed by atoms with Gasteiger partial charge in [-0.15, -0.1) is 9.24 Å². The predicted molar refractivity (Wildman–Crippen MR) is 138 cm³/mol. The summed E-state index contributed by atoms with van der Waals surface area (Å²) in [5, 5.41) is 6.49. The first-order chi connectivity index (χ1) is 16.8. The summed E-state index contributed by atoms with van der Waals surface area (Å²) >= 11 is 0. The molecule has 0 saturated heterocycles. The Morgan fingerprint density at radius 2 is 1.60 bits per heavy atom. The number of anilines is 2. The number of ether oxygens (including phenoxy) is 1. The molecule has 2 N–H and O–H groups in total. The highest BCUT2D eigenvalue weighted by atomic mass is 31.0. The Labute approximate surface area is 204 Å². The molecule has 1 fully saturated rings. The average molecular weight is 485 g/mol. The quantitative estimate of drug-likeness (QED) is 0.312. The van der Waals surface area contributed by atoms with Crippen LogP contribution in [-0.2, 0) is 9.59 Å². The van der Waals surface area contributed by atoms with Crippen LogP contribution in [0.5, 0.6) is 11.5 Å². The third kappa shape index (κ3) is 4.70. The Morgan fingerprint density at radius 1 is 0.914 bits per heavy atom. The van der Waals surface area contributed by atoms with Gasteiger partial charge in [0.15, 0.2) is 16.9 Å². The molecule has 0 radical (unpaired) electrons. The Kier molecular flexibility index (Phi) is 5.91. The average Bonchev–Trinajstić information content (AvgIpc) is 3.65. The third-order valence-electron chi connectivity index (χ3n) is 5.95. The van der Waals surface area contributed by atoms with Crippen molar-refractivity contribution in [2.75, 3.05) is 10.6 Å². The second-order valence-electron chi connectivity index (χ2n) is 8.70. The van der Waals surface area contributed by atoms with Gasteiger partial charge in [-0.3, -0.25) is 9.59 Å². The van der Waals surface area contributed by atoms with Gasteiger partial charge < -0.3 is 15.4 Å². The maximum atomic E-state index is 13.0. The minimum atomic E-state index is -1.05. The smallest absolute Gasteiger partial charge is 0.240 e. The molecule has 1 unspecified atom stereocenters. The van der Waals surface area contributed by atoms with Gasteiger partial charge in [0.2, 0.25) is 11.8 Å². The van der Waals surface area contributed by atoms with Crippen molar-refractivity contribution in [2.24, 2.45) is 5.41 Å². The number of rotatable bonds is 6. The van der Waals surface area contributed by atoms with Gasteiger partial charge in [-0.2, -0.15) is 0 Å². The summed E-state index contributed by atoms with van der Waals surface area (Å²) in [6.45, 7) is 3.84. The van der Waals surface area contributed by atoms with Gasteiger partial charge in [-0.1, -0.05) is 17.7 Å². The van der Waals surface area contributed by atoms with Crippen LogP contribution in [0.3, 0.4) is 0 Å². The van der Waals surface area contributed by atoms with Gasteiger partial charge in [0, 0.05) is 28.9 Å². The van der Waals surface area contributed by atoms with E-state index < -0.39 is 5.41 Å². The van der Waals surface area contributed by atoms with Crippen molar-refractivity contribution in [2.45, 2.75) is 26.7 Å². The van der Waals surface area contributed by atoms with Crippen LogP contribution in [-0.4, -0.2) is 26.8 Å². The van der Waals surface area contributed by atoms with E-state index in [1.165, 1.54) is 0 Å². The number of benzene rings is 2. The summed E-state index contributed by atoms with van der Waals surface area (Å²) in [7, 11) is 2.61. The summed E-state index contributed by atoms with van der Waals surface area (Å²) in [4.78, 5) is 38.9. The summed E-state index contributed by atoms with van der Waals surface area (Å²) in [6, 6.07) is 14.5. The van der Waals surface area contributed by atoms with Crippen molar-refractivity contribution in [1.29, 1.82) is 0 Å². The number of aryl methyl sites for hydroxylation is 2.